The number of hydroxylamine groups is 1. The zero-order valence-corrected chi connectivity index (χ0v) is 11.2. The molecule has 1 aliphatic carbocycles. The third-order valence-electron chi connectivity index (χ3n) is 4.08. The fourth-order valence-electron chi connectivity index (χ4n) is 2.87. The van der Waals surface area contributed by atoms with E-state index in [1.54, 1.807) is 7.11 Å². The molecule has 2 aliphatic rings. The standard InChI is InChI=1S/C13H24N2O3/c1-17-10-13(6-8-14-9-7-13)12(16)15-18-11-4-2-3-5-11/h11,14H,2-10H2,1H3,(H,15,16). The normalized spacial score (nSPS) is 24.1. The zero-order valence-electron chi connectivity index (χ0n) is 11.2. The number of carbonyl (C=O) groups excluding carboxylic acids is 1. The number of piperidine rings is 1. The van der Waals surface area contributed by atoms with E-state index in [2.05, 4.69) is 10.8 Å². The molecular weight excluding hydrogens is 232 g/mol. The van der Waals surface area contributed by atoms with Gasteiger partial charge < -0.3 is 10.1 Å². The van der Waals surface area contributed by atoms with Crippen LogP contribution in [0.1, 0.15) is 38.5 Å². The lowest BCUT2D eigenvalue weighted by molar-refractivity contribution is -0.154. The SMILES string of the molecule is COCC1(C(=O)NOC2CCCC2)CCNCC1. The van der Waals surface area contributed by atoms with Gasteiger partial charge in [-0.1, -0.05) is 12.8 Å². The number of ether oxygens (including phenoxy) is 1. The number of methoxy groups -OCH3 is 1. The first kappa shape index (κ1) is 13.8. The van der Waals surface area contributed by atoms with E-state index in [-0.39, 0.29) is 12.0 Å². The van der Waals surface area contributed by atoms with Crippen LogP contribution in [0.15, 0.2) is 0 Å². The number of carbonyl (C=O) groups is 1. The first-order chi connectivity index (χ1) is 8.77. The largest absolute Gasteiger partial charge is 0.384 e. The van der Waals surface area contributed by atoms with E-state index >= 15 is 0 Å². The first-order valence-electron chi connectivity index (χ1n) is 6.93. The molecule has 0 aromatic carbocycles. The second-order valence-corrected chi connectivity index (χ2v) is 5.42. The average Bonchev–Trinajstić information content (AvgIpc) is 2.90. The zero-order chi connectivity index (χ0) is 12.8. The van der Waals surface area contributed by atoms with E-state index in [0.717, 1.165) is 38.8 Å². The Morgan fingerprint density at radius 1 is 1.33 bits per heavy atom. The van der Waals surface area contributed by atoms with Crippen molar-refractivity contribution in [3.05, 3.63) is 0 Å². The second-order valence-electron chi connectivity index (χ2n) is 5.42. The molecule has 1 heterocycles. The molecule has 0 aromatic heterocycles. The molecule has 1 aliphatic heterocycles. The van der Waals surface area contributed by atoms with Crippen molar-refractivity contribution in [1.29, 1.82) is 0 Å². The maximum Gasteiger partial charge on any atom is 0.252 e. The Bertz CT molecular complexity index is 266. The van der Waals surface area contributed by atoms with Crippen molar-refractivity contribution in [3.63, 3.8) is 0 Å². The van der Waals surface area contributed by atoms with Crippen molar-refractivity contribution in [3.8, 4) is 0 Å². The predicted octanol–water partition coefficient (Wildman–Crippen LogP) is 0.993. The summed E-state index contributed by atoms with van der Waals surface area (Å²) in [4.78, 5) is 17.8. The van der Waals surface area contributed by atoms with Crippen LogP contribution in [0.5, 0.6) is 0 Å². The second kappa shape index (κ2) is 6.50. The van der Waals surface area contributed by atoms with Crippen LogP contribution in [0.3, 0.4) is 0 Å². The maximum atomic E-state index is 12.3. The highest BCUT2D eigenvalue weighted by Gasteiger charge is 2.40. The Morgan fingerprint density at radius 3 is 2.61 bits per heavy atom. The van der Waals surface area contributed by atoms with Crippen molar-refractivity contribution < 1.29 is 14.4 Å². The van der Waals surface area contributed by atoms with Gasteiger partial charge in [-0.15, -0.1) is 0 Å². The lowest BCUT2D eigenvalue weighted by Crippen LogP contribution is -2.50. The molecule has 5 heteroatoms. The third-order valence-corrected chi connectivity index (χ3v) is 4.08. The molecule has 2 fully saturated rings. The molecule has 1 saturated heterocycles. The molecule has 5 nitrogen and oxygen atoms in total. The van der Waals surface area contributed by atoms with E-state index in [1.165, 1.54) is 12.8 Å². The molecule has 18 heavy (non-hydrogen) atoms. The lowest BCUT2D eigenvalue weighted by Gasteiger charge is -2.35. The Balaban J connectivity index is 1.86. The van der Waals surface area contributed by atoms with Gasteiger partial charge in [0.15, 0.2) is 0 Å². The minimum Gasteiger partial charge on any atom is -0.384 e. The fourth-order valence-corrected chi connectivity index (χ4v) is 2.87. The van der Waals surface area contributed by atoms with E-state index < -0.39 is 5.41 Å². The number of nitrogens with one attached hydrogen (secondary N) is 2. The van der Waals surface area contributed by atoms with Gasteiger partial charge in [-0.05, 0) is 38.8 Å². The van der Waals surface area contributed by atoms with Crippen LogP contribution in [-0.2, 0) is 14.4 Å². The Labute approximate surface area is 109 Å². The minimum atomic E-state index is -0.418. The van der Waals surface area contributed by atoms with E-state index in [0.29, 0.717) is 6.61 Å². The quantitative estimate of drug-likeness (QED) is 0.720. The molecule has 0 spiro atoms. The van der Waals surface area contributed by atoms with E-state index in [1.807, 2.05) is 0 Å². The van der Waals surface area contributed by atoms with Crippen LogP contribution in [0.25, 0.3) is 0 Å². The Morgan fingerprint density at radius 2 is 2.00 bits per heavy atom. The van der Waals surface area contributed by atoms with Gasteiger partial charge in [0, 0.05) is 7.11 Å². The lowest BCUT2D eigenvalue weighted by atomic mass is 9.79. The summed E-state index contributed by atoms with van der Waals surface area (Å²) in [7, 11) is 1.65. The summed E-state index contributed by atoms with van der Waals surface area (Å²) in [5.74, 6) is -0.0160. The van der Waals surface area contributed by atoms with Crippen molar-refractivity contribution in [2.75, 3.05) is 26.8 Å². The highest BCUT2D eigenvalue weighted by atomic mass is 16.7. The number of rotatable bonds is 5. The van der Waals surface area contributed by atoms with E-state index in [4.69, 9.17) is 9.57 Å². The molecular formula is C13H24N2O3. The van der Waals surface area contributed by atoms with Gasteiger partial charge in [-0.3, -0.25) is 9.63 Å². The molecule has 104 valence electrons. The number of amides is 1. The van der Waals surface area contributed by atoms with Crippen molar-refractivity contribution >= 4 is 5.91 Å². The predicted molar refractivity (Wildman–Crippen MR) is 67.9 cm³/mol. The van der Waals surface area contributed by atoms with Crippen molar-refractivity contribution in [1.82, 2.24) is 10.8 Å². The van der Waals surface area contributed by atoms with Crippen LogP contribution < -0.4 is 10.8 Å². The minimum absolute atomic E-state index is 0.0160. The van der Waals surface area contributed by atoms with Crippen molar-refractivity contribution in [2.24, 2.45) is 5.41 Å². The molecule has 0 unspecified atom stereocenters. The summed E-state index contributed by atoms with van der Waals surface area (Å²) in [5.41, 5.74) is 2.26. The summed E-state index contributed by atoms with van der Waals surface area (Å²) in [6.07, 6.45) is 6.33. The van der Waals surface area contributed by atoms with Crippen LogP contribution in [-0.4, -0.2) is 38.8 Å². The molecule has 0 bridgehead atoms. The molecule has 0 atom stereocenters. The summed E-state index contributed by atoms with van der Waals surface area (Å²) in [5, 5.41) is 3.27. The van der Waals surface area contributed by atoms with Gasteiger partial charge in [0.1, 0.15) is 0 Å². The summed E-state index contributed by atoms with van der Waals surface area (Å²) >= 11 is 0. The third kappa shape index (κ3) is 3.22. The molecule has 1 saturated carbocycles. The van der Waals surface area contributed by atoms with Crippen molar-refractivity contribution in [2.45, 2.75) is 44.6 Å². The summed E-state index contributed by atoms with van der Waals surface area (Å²) < 4.78 is 5.23. The van der Waals surface area contributed by atoms with Crippen LogP contribution in [0, 0.1) is 5.41 Å². The molecule has 1 amide bonds. The number of hydrogen-bond donors (Lipinski definition) is 2. The van der Waals surface area contributed by atoms with Gasteiger partial charge in [-0.2, -0.15) is 0 Å². The molecule has 0 radical (unpaired) electrons. The van der Waals surface area contributed by atoms with Crippen LogP contribution in [0.4, 0.5) is 0 Å². The molecule has 2 N–H and O–H groups in total. The monoisotopic (exact) mass is 256 g/mol. The van der Waals surface area contributed by atoms with Crippen LogP contribution >= 0.6 is 0 Å². The van der Waals surface area contributed by atoms with Gasteiger partial charge in [0.2, 0.25) is 0 Å². The Hall–Kier alpha value is -0.650. The van der Waals surface area contributed by atoms with Gasteiger partial charge in [-0.25, -0.2) is 5.48 Å². The maximum absolute atomic E-state index is 12.3. The van der Waals surface area contributed by atoms with Crippen LogP contribution in [0.2, 0.25) is 0 Å². The summed E-state index contributed by atoms with van der Waals surface area (Å²) in [6.45, 7) is 2.19. The highest BCUT2D eigenvalue weighted by Crippen LogP contribution is 2.30. The molecule has 2 rings (SSSR count). The first-order valence-corrected chi connectivity index (χ1v) is 6.93. The summed E-state index contributed by atoms with van der Waals surface area (Å²) in [6, 6.07) is 0. The average molecular weight is 256 g/mol. The fraction of sp³-hybridized carbons (Fsp3) is 0.923. The van der Waals surface area contributed by atoms with Gasteiger partial charge >= 0.3 is 0 Å². The topological polar surface area (TPSA) is 59.6 Å². The highest BCUT2D eigenvalue weighted by molar-refractivity contribution is 5.82. The van der Waals surface area contributed by atoms with E-state index in [9.17, 15) is 4.79 Å². The molecule has 0 aromatic rings. The van der Waals surface area contributed by atoms with Gasteiger partial charge in [0.05, 0.1) is 18.1 Å². The Kier molecular flexibility index (Phi) is 4.97. The smallest absolute Gasteiger partial charge is 0.252 e. The number of hydrogen-bond acceptors (Lipinski definition) is 4. The van der Waals surface area contributed by atoms with Gasteiger partial charge in [0.25, 0.3) is 5.91 Å².